The molecule has 1 N–H and O–H groups in total. The minimum absolute atomic E-state index is 0.0958. The molecule has 0 amide bonds. The minimum Gasteiger partial charge on any atom is -0.461 e. The Bertz CT molecular complexity index is 403. The first-order valence-electron chi connectivity index (χ1n) is 5.24. The second kappa shape index (κ2) is 5.81. The maximum Gasteiger partial charge on any atom is 0.418 e. The van der Waals surface area contributed by atoms with Gasteiger partial charge in [-0.3, -0.25) is 0 Å². The molecule has 7 heteroatoms. The van der Waals surface area contributed by atoms with Crippen molar-refractivity contribution in [3.8, 4) is 0 Å². The van der Waals surface area contributed by atoms with E-state index in [2.05, 4.69) is 4.98 Å². The van der Waals surface area contributed by atoms with Crippen LogP contribution in [0.25, 0.3) is 0 Å². The number of halogens is 3. The van der Waals surface area contributed by atoms with Gasteiger partial charge in [-0.05, 0) is 12.5 Å². The van der Waals surface area contributed by atoms with E-state index in [1.165, 1.54) is 0 Å². The lowest BCUT2D eigenvalue weighted by Gasteiger charge is -2.14. The minimum atomic E-state index is -4.76. The van der Waals surface area contributed by atoms with Crippen molar-refractivity contribution in [3.05, 3.63) is 29.6 Å². The zero-order chi connectivity index (χ0) is 13.8. The summed E-state index contributed by atoms with van der Waals surface area (Å²) in [7, 11) is 0. The molecule has 0 radical (unpaired) electrons. The summed E-state index contributed by atoms with van der Waals surface area (Å²) in [6, 6.07) is 2.08. The van der Waals surface area contributed by atoms with Gasteiger partial charge in [0, 0.05) is 11.8 Å². The molecule has 4 nitrogen and oxygen atoms in total. The molecule has 0 bridgehead atoms. The van der Waals surface area contributed by atoms with Crippen LogP contribution in [-0.2, 0) is 4.74 Å². The van der Waals surface area contributed by atoms with Gasteiger partial charge in [-0.2, -0.15) is 13.2 Å². The molecule has 0 spiro atoms. The highest BCUT2D eigenvalue weighted by atomic mass is 19.4. The lowest BCUT2D eigenvalue weighted by Crippen LogP contribution is -2.20. The molecular formula is C11H12F3NO3. The van der Waals surface area contributed by atoms with Gasteiger partial charge < -0.3 is 9.84 Å². The summed E-state index contributed by atoms with van der Waals surface area (Å²) in [5.41, 5.74) is -0.517. The Kier molecular flexibility index (Phi) is 4.66. The lowest BCUT2D eigenvalue weighted by atomic mass is 10.1. The first kappa shape index (κ1) is 14.4. The summed E-state index contributed by atoms with van der Waals surface area (Å²) in [5, 5.41) is 8.95. The van der Waals surface area contributed by atoms with E-state index >= 15 is 0 Å². The van der Waals surface area contributed by atoms with E-state index in [1.54, 1.807) is 0 Å². The maximum atomic E-state index is 12.2. The molecule has 0 saturated heterocycles. The van der Waals surface area contributed by atoms with Crippen LogP contribution in [0.5, 0.6) is 0 Å². The summed E-state index contributed by atoms with van der Waals surface area (Å²) in [4.78, 5) is 14.8. The fraction of sp³-hybridized carbons (Fsp3) is 0.455. The number of alkyl halides is 3. The highest BCUT2D eigenvalue weighted by molar-refractivity contribution is 5.87. The largest absolute Gasteiger partial charge is 0.461 e. The lowest BCUT2D eigenvalue weighted by molar-refractivity contribution is -0.206. The number of carbonyl (C=O) groups excluding carboxylic acids is 1. The van der Waals surface area contributed by atoms with Crippen LogP contribution in [0, 0.1) is 0 Å². The van der Waals surface area contributed by atoms with Gasteiger partial charge in [0.2, 0.25) is 0 Å². The van der Waals surface area contributed by atoms with Crippen LogP contribution < -0.4 is 0 Å². The predicted molar refractivity (Wildman–Crippen MR) is 55.8 cm³/mol. The van der Waals surface area contributed by atoms with E-state index in [4.69, 9.17) is 9.84 Å². The van der Waals surface area contributed by atoms with Crippen LogP contribution in [0.3, 0.4) is 0 Å². The van der Waals surface area contributed by atoms with Crippen LogP contribution in [0.4, 0.5) is 13.2 Å². The summed E-state index contributed by atoms with van der Waals surface area (Å²) in [6.45, 7) is 2.02. The standard InChI is InChI=1S/C11H12F3NO3/c1-2-5-18-10(17)8-4-3-7(6-15-8)9(16)11(12,13)14/h3-4,6,9,16H,2,5H2,1H3. The molecule has 100 valence electrons. The van der Waals surface area contributed by atoms with Crippen molar-refractivity contribution in [1.29, 1.82) is 0 Å². The number of aliphatic hydroxyl groups excluding tert-OH is 1. The first-order chi connectivity index (χ1) is 8.36. The highest BCUT2D eigenvalue weighted by Crippen LogP contribution is 2.31. The van der Waals surface area contributed by atoms with E-state index in [9.17, 15) is 18.0 Å². The third-order valence-electron chi connectivity index (χ3n) is 2.06. The van der Waals surface area contributed by atoms with Gasteiger partial charge in [-0.15, -0.1) is 0 Å². The number of carbonyl (C=O) groups is 1. The van der Waals surface area contributed by atoms with Crippen molar-refractivity contribution in [2.75, 3.05) is 6.61 Å². The van der Waals surface area contributed by atoms with Gasteiger partial charge in [0.05, 0.1) is 6.61 Å². The molecule has 1 unspecified atom stereocenters. The van der Waals surface area contributed by atoms with Gasteiger partial charge in [-0.25, -0.2) is 9.78 Å². The number of nitrogens with zero attached hydrogens (tertiary/aromatic N) is 1. The zero-order valence-corrected chi connectivity index (χ0v) is 9.57. The maximum absolute atomic E-state index is 12.2. The third-order valence-corrected chi connectivity index (χ3v) is 2.06. The summed E-state index contributed by atoms with van der Waals surface area (Å²) in [5.74, 6) is -0.704. The molecule has 0 aliphatic heterocycles. The van der Waals surface area contributed by atoms with Gasteiger partial charge in [0.1, 0.15) is 5.69 Å². The van der Waals surface area contributed by atoms with E-state index < -0.39 is 23.8 Å². The smallest absolute Gasteiger partial charge is 0.418 e. The Morgan fingerprint density at radius 2 is 2.17 bits per heavy atom. The fourth-order valence-electron chi connectivity index (χ4n) is 1.15. The molecule has 18 heavy (non-hydrogen) atoms. The Morgan fingerprint density at radius 1 is 1.50 bits per heavy atom. The zero-order valence-electron chi connectivity index (χ0n) is 9.57. The molecule has 1 aromatic heterocycles. The summed E-state index contributed by atoms with van der Waals surface area (Å²) < 4.78 is 41.3. The van der Waals surface area contributed by atoms with Crippen molar-refractivity contribution < 1.29 is 27.8 Å². The quantitative estimate of drug-likeness (QED) is 0.846. The van der Waals surface area contributed by atoms with Gasteiger partial charge in [0.15, 0.2) is 6.10 Å². The monoisotopic (exact) mass is 263 g/mol. The van der Waals surface area contributed by atoms with Crippen molar-refractivity contribution >= 4 is 5.97 Å². The average molecular weight is 263 g/mol. The van der Waals surface area contributed by atoms with E-state index in [1.807, 2.05) is 6.92 Å². The topological polar surface area (TPSA) is 59.4 Å². The molecule has 1 aromatic rings. The van der Waals surface area contributed by atoms with Crippen molar-refractivity contribution in [2.24, 2.45) is 0 Å². The Balaban J connectivity index is 2.77. The van der Waals surface area contributed by atoms with Gasteiger partial charge >= 0.3 is 12.1 Å². The van der Waals surface area contributed by atoms with Crippen LogP contribution in [0.2, 0.25) is 0 Å². The molecule has 1 rings (SSSR count). The van der Waals surface area contributed by atoms with Gasteiger partial charge in [0.25, 0.3) is 0 Å². The highest BCUT2D eigenvalue weighted by Gasteiger charge is 2.39. The number of rotatable bonds is 4. The number of hydrogen-bond donors (Lipinski definition) is 1. The van der Waals surface area contributed by atoms with Crippen molar-refractivity contribution in [1.82, 2.24) is 4.98 Å². The van der Waals surface area contributed by atoms with E-state index in [0.717, 1.165) is 18.3 Å². The van der Waals surface area contributed by atoms with Crippen LogP contribution in [0.1, 0.15) is 35.5 Å². The third kappa shape index (κ3) is 3.69. The predicted octanol–water partition coefficient (Wildman–Crippen LogP) is 2.24. The summed E-state index contributed by atoms with van der Waals surface area (Å²) in [6.07, 6.45) is -5.92. The number of esters is 1. The number of aromatic nitrogens is 1. The number of aliphatic hydroxyl groups is 1. The molecule has 0 aliphatic rings. The number of pyridine rings is 1. The molecule has 0 saturated carbocycles. The Morgan fingerprint density at radius 3 is 2.61 bits per heavy atom. The Hall–Kier alpha value is -1.63. The molecule has 0 fully saturated rings. The second-order valence-corrected chi connectivity index (χ2v) is 3.56. The van der Waals surface area contributed by atoms with Crippen molar-refractivity contribution in [2.45, 2.75) is 25.6 Å². The van der Waals surface area contributed by atoms with Gasteiger partial charge in [-0.1, -0.05) is 13.0 Å². The molecule has 0 aromatic carbocycles. The number of ether oxygens (including phenoxy) is 1. The average Bonchev–Trinajstić information content (AvgIpc) is 2.34. The Labute approximate surface area is 101 Å². The fourth-order valence-corrected chi connectivity index (χ4v) is 1.15. The van der Waals surface area contributed by atoms with Crippen LogP contribution >= 0.6 is 0 Å². The molecular weight excluding hydrogens is 251 g/mol. The second-order valence-electron chi connectivity index (χ2n) is 3.56. The molecule has 1 heterocycles. The SMILES string of the molecule is CCCOC(=O)c1ccc(C(O)C(F)(F)F)cn1. The van der Waals surface area contributed by atoms with Crippen molar-refractivity contribution in [3.63, 3.8) is 0 Å². The van der Waals surface area contributed by atoms with E-state index in [-0.39, 0.29) is 12.3 Å². The van der Waals surface area contributed by atoms with E-state index in [0.29, 0.717) is 6.42 Å². The number of hydrogen-bond acceptors (Lipinski definition) is 4. The van der Waals surface area contributed by atoms with Crippen LogP contribution in [-0.4, -0.2) is 28.8 Å². The molecule has 1 atom stereocenters. The molecule has 0 aliphatic carbocycles. The van der Waals surface area contributed by atoms with Crippen LogP contribution in [0.15, 0.2) is 18.3 Å². The first-order valence-corrected chi connectivity index (χ1v) is 5.24. The summed E-state index contributed by atoms with van der Waals surface area (Å²) >= 11 is 0. The normalized spacial score (nSPS) is 13.2.